The smallest absolute Gasteiger partial charge is 0.133 e. The van der Waals surface area contributed by atoms with Crippen LogP contribution in [0.15, 0.2) is 6.20 Å². The Morgan fingerprint density at radius 3 is 2.29 bits per heavy atom. The number of hydrogen-bond acceptors (Lipinski definition) is 3. The average molecular weight is 193 g/mol. The number of aromatic nitrogens is 2. The topological polar surface area (TPSA) is 51.8 Å². The summed E-state index contributed by atoms with van der Waals surface area (Å²) in [5.41, 5.74) is 7.81. The second-order valence-electron chi connectivity index (χ2n) is 4.77. The molecule has 3 heteroatoms. The molecule has 0 aromatic carbocycles. The van der Waals surface area contributed by atoms with Crippen molar-refractivity contribution < 1.29 is 0 Å². The van der Waals surface area contributed by atoms with Crippen molar-refractivity contribution in [1.82, 2.24) is 9.97 Å². The summed E-state index contributed by atoms with van der Waals surface area (Å²) in [7, 11) is 0. The van der Waals surface area contributed by atoms with E-state index in [0.29, 0.717) is 0 Å². The molecule has 0 amide bonds. The summed E-state index contributed by atoms with van der Waals surface area (Å²) in [4.78, 5) is 8.82. The van der Waals surface area contributed by atoms with E-state index in [1.165, 1.54) is 0 Å². The molecule has 0 spiro atoms. The van der Waals surface area contributed by atoms with Gasteiger partial charge in [0.2, 0.25) is 0 Å². The van der Waals surface area contributed by atoms with Crippen LogP contribution in [0.4, 0.5) is 0 Å². The van der Waals surface area contributed by atoms with Gasteiger partial charge >= 0.3 is 0 Å². The fourth-order valence-corrected chi connectivity index (χ4v) is 1.28. The molecular formula is C11H19N3. The van der Waals surface area contributed by atoms with Gasteiger partial charge in [-0.15, -0.1) is 0 Å². The molecule has 0 aliphatic heterocycles. The lowest BCUT2D eigenvalue weighted by Crippen LogP contribution is -2.18. The molecular weight excluding hydrogens is 174 g/mol. The molecule has 0 saturated heterocycles. The van der Waals surface area contributed by atoms with Crippen molar-refractivity contribution in [2.24, 2.45) is 5.73 Å². The van der Waals surface area contributed by atoms with E-state index in [1.807, 2.05) is 20.0 Å². The molecule has 1 heterocycles. The minimum absolute atomic E-state index is 0.00112. The van der Waals surface area contributed by atoms with Crippen LogP contribution in [0, 0.1) is 6.92 Å². The number of aryl methyl sites for hydroxylation is 1. The highest BCUT2D eigenvalue weighted by molar-refractivity contribution is 5.21. The van der Waals surface area contributed by atoms with E-state index < -0.39 is 0 Å². The van der Waals surface area contributed by atoms with Crippen molar-refractivity contribution in [2.75, 3.05) is 0 Å². The SMILES string of the molecule is Cc1nc(C(C)(C)C)ncc1[C@H](C)N. The number of nitrogens with zero attached hydrogens (tertiary/aromatic N) is 2. The monoisotopic (exact) mass is 193 g/mol. The van der Waals surface area contributed by atoms with Gasteiger partial charge in [0.05, 0.1) is 0 Å². The Bertz CT molecular complexity index is 324. The van der Waals surface area contributed by atoms with Gasteiger partial charge in [-0.1, -0.05) is 20.8 Å². The van der Waals surface area contributed by atoms with Crippen molar-refractivity contribution in [1.29, 1.82) is 0 Å². The summed E-state index contributed by atoms with van der Waals surface area (Å²) >= 11 is 0. The van der Waals surface area contributed by atoms with Crippen LogP contribution >= 0.6 is 0 Å². The molecule has 1 rings (SSSR count). The number of nitrogens with two attached hydrogens (primary N) is 1. The molecule has 14 heavy (non-hydrogen) atoms. The standard InChI is InChI=1S/C11H19N3/c1-7(12)9-6-13-10(11(3,4)5)14-8(9)2/h6-7H,12H2,1-5H3/t7-/m0/s1. The lowest BCUT2D eigenvalue weighted by molar-refractivity contribution is 0.540. The van der Waals surface area contributed by atoms with Crippen molar-refractivity contribution >= 4 is 0 Å². The van der Waals surface area contributed by atoms with Crippen molar-refractivity contribution in [3.63, 3.8) is 0 Å². The van der Waals surface area contributed by atoms with Gasteiger partial charge in [0.25, 0.3) is 0 Å². The molecule has 78 valence electrons. The van der Waals surface area contributed by atoms with Crippen molar-refractivity contribution in [2.45, 2.75) is 46.1 Å². The summed E-state index contributed by atoms with van der Waals surface area (Å²) in [6.45, 7) is 10.2. The largest absolute Gasteiger partial charge is 0.324 e. The Balaban J connectivity index is 3.13. The predicted molar refractivity (Wildman–Crippen MR) is 58.1 cm³/mol. The molecule has 1 aromatic heterocycles. The van der Waals surface area contributed by atoms with Gasteiger partial charge in [-0.05, 0) is 13.8 Å². The lowest BCUT2D eigenvalue weighted by atomic mass is 9.95. The molecule has 1 atom stereocenters. The van der Waals surface area contributed by atoms with Crippen molar-refractivity contribution in [3.8, 4) is 0 Å². The molecule has 0 saturated carbocycles. The molecule has 2 N–H and O–H groups in total. The summed E-state index contributed by atoms with van der Waals surface area (Å²) in [6, 6.07) is 0.00372. The fourth-order valence-electron chi connectivity index (χ4n) is 1.28. The third-order valence-corrected chi connectivity index (χ3v) is 2.18. The first kappa shape index (κ1) is 11.1. The van der Waals surface area contributed by atoms with Gasteiger partial charge in [0, 0.05) is 28.9 Å². The minimum atomic E-state index is 0.00112. The van der Waals surface area contributed by atoms with Gasteiger partial charge in [0.1, 0.15) is 5.82 Å². The van der Waals surface area contributed by atoms with Gasteiger partial charge in [-0.25, -0.2) is 9.97 Å². The lowest BCUT2D eigenvalue weighted by Gasteiger charge is -2.18. The van der Waals surface area contributed by atoms with E-state index in [0.717, 1.165) is 17.1 Å². The van der Waals surface area contributed by atoms with Crippen LogP contribution in [0.5, 0.6) is 0 Å². The molecule has 0 bridgehead atoms. The first-order chi connectivity index (χ1) is 6.32. The summed E-state index contributed by atoms with van der Waals surface area (Å²) in [5.74, 6) is 0.874. The van der Waals surface area contributed by atoms with Crippen LogP contribution in [-0.4, -0.2) is 9.97 Å². The predicted octanol–water partition coefficient (Wildman–Crippen LogP) is 2.10. The third kappa shape index (κ3) is 2.29. The van der Waals surface area contributed by atoms with Crippen LogP contribution in [-0.2, 0) is 5.41 Å². The Kier molecular flexibility index (Phi) is 2.90. The fraction of sp³-hybridized carbons (Fsp3) is 0.636. The van der Waals surface area contributed by atoms with Gasteiger partial charge in [0.15, 0.2) is 0 Å². The summed E-state index contributed by atoms with van der Waals surface area (Å²) in [6.07, 6.45) is 1.84. The van der Waals surface area contributed by atoms with E-state index >= 15 is 0 Å². The van der Waals surface area contributed by atoms with Gasteiger partial charge in [-0.2, -0.15) is 0 Å². The molecule has 1 aromatic rings. The number of rotatable bonds is 1. The maximum Gasteiger partial charge on any atom is 0.133 e. The molecule has 0 fully saturated rings. The van der Waals surface area contributed by atoms with E-state index in [2.05, 4.69) is 30.7 Å². The van der Waals surface area contributed by atoms with E-state index in [4.69, 9.17) is 5.73 Å². The number of hydrogen-bond donors (Lipinski definition) is 1. The highest BCUT2D eigenvalue weighted by Crippen LogP contribution is 2.20. The summed E-state index contributed by atoms with van der Waals surface area (Å²) in [5, 5.41) is 0. The highest BCUT2D eigenvalue weighted by atomic mass is 14.9. The van der Waals surface area contributed by atoms with Crippen LogP contribution in [0.3, 0.4) is 0 Å². The van der Waals surface area contributed by atoms with Crippen LogP contribution in [0.1, 0.15) is 50.8 Å². The zero-order valence-electron chi connectivity index (χ0n) is 9.63. The second kappa shape index (κ2) is 3.65. The Morgan fingerprint density at radius 1 is 1.36 bits per heavy atom. The van der Waals surface area contributed by atoms with Crippen LogP contribution in [0.25, 0.3) is 0 Å². The molecule has 0 unspecified atom stereocenters. The Hall–Kier alpha value is -0.960. The maximum atomic E-state index is 5.79. The highest BCUT2D eigenvalue weighted by Gasteiger charge is 2.18. The second-order valence-corrected chi connectivity index (χ2v) is 4.77. The van der Waals surface area contributed by atoms with Gasteiger partial charge in [-0.3, -0.25) is 0 Å². The van der Waals surface area contributed by atoms with Crippen molar-refractivity contribution in [3.05, 3.63) is 23.3 Å². The quantitative estimate of drug-likeness (QED) is 0.743. The molecule has 0 aliphatic carbocycles. The van der Waals surface area contributed by atoms with Gasteiger partial charge < -0.3 is 5.73 Å². The molecule has 0 aliphatic rings. The summed E-state index contributed by atoms with van der Waals surface area (Å²) < 4.78 is 0. The first-order valence-corrected chi connectivity index (χ1v) is 4.92. The van der Waals surface area contributed by atoms with E-state index in [1.54, 1.807) is 0 Å². The van der Waals surface area contributed by atoms with Crippen LogP contribution in [0.2, 0.25) is 0 Å². The average Bonchev–Trinajstić information content (AvgIpc) is 2.01. The normalized spacial score (nSPS) is 14.1. The first-order valence-electron chi connectivity index (χ1n) is 4.92. The zero-order chi connectivity index (χ0) is 10.9. The third-order valence-electron chi connectivity index (χ3n) is 2.18. The minimum Gasteiger partial charge on any atom is -0.324 e. The molecule has 3 nitrogen and oxygen atoms in total. The Morgan fingerprint density at radius 2 is 1.93 bits per heavy atom. The zero-order valence-corrected chi connectivity index (χ0v) is 9.63. The maximum absolute atomic E-state index is 5.79. The van der Waals surface area contributed by atoms with Crippen LogP contribution < -0.4 is 5.73 Å². The van der Waals surface area contributed by atoms with E-state index in [9.17, 15) is 0 Å². The Labute approximate surface area is 85.8 Å². The van der Waals surface area contributed by atoms with E-state index in [-0.39, 0.29) is 11.5 Å². The molecule has 0 radical (unpaired) electrons.